The zero-order valence-electron chi connectivity index (χ0n) is 68.1. The first kappa shape index (κ1) is 73.0. The van der Waals surface area contributed by atoms with Gasteiger partial charge in [0.2, 0.25) is 0 Å². The molecule has 18 aromatic carbocycles. The van der Waals surface area contributed by atoms with E-state index in [0.717, 1.165) is 94.8 Å². The number of benzene rings is 18. The maximum absolute atomic E-state index is 6.01. The lowest BCUT2D eigenvalue weighted by atomic mass is 9.99. The Hall–Kier alpha value is -15.5. The van der Waals surface area contributed by atoms with Crippen molar-refractivity contribution >= 4 is 224 Å². The Morgan fingerprint density at radius 2 is 0.465 bits per heavy atom. The summed E-state index contributed by atoms with van der Waals surface area (Å²) in [7, 11) is 0. The van der Waals surface area contributed by atoms with E-state index < -0.39 is 0 Å². The number of thiophene rings is 4. The molecule has 0 fully saturated rings. The van der Waals surface area contributed by atoms with E-state index in [1.807, 2.05) is 57.5 Å². The first-order valence-corrected chi connectivity index (χ1v) is 46.1. The summed E-state index contributed by atoms with van der Waals surface area (Å²) in [5.74, 6) is 0. The van der Waals surface area contributed by atoms with E-state index in [2.05, 4.69) is 416 Å². The summed E-state index contributed by atoms with van der Waals surface area (Å²) in [4.78, 5) is 15.6. The van der Waals surface area contributed by atoms with Crippen molar-refractivity contribution < 1.29 is 4.42 Å². The summed E-state index contributed by atoms with van der Waals surface area (Å²) in [5.41, 5.74) is 25.7. The quantitative estimate of drug-likeness (QED) is 0.152. The molecule has 28 rings (SSSR count). The zero-order chi connectivity index (χ0) is 83.3. The van der Waals surface area contributed by atoms with E-state index in [4.69, 9.17) is 19.4 Å². The molecule has 127 heavy (non-hydrogen) atoms. The fraction of sp³-hybridized carbons (Fsp3) is 0. The van der Waals surface area contributed by atoms with Crippen LogP contribution < -0.4 is 0 Å². The second kappa shape index (κ2) is 29.6. The predicted octanol–water partition coefficient (Wildman–Crippen LogP) is 34.3. The van der Waals surface area contributed by atoms with Gasteiger partial charge in [0.1, 0.15) is 11.2 Å². The summed E-state index contributed by atoms with van der Waals surface area (Å²) in [5, 5.41) is 21.4. The van der Waals surface area contributed by atoms with Crippen LogP contribution >= 0.6 is 45.3 Å². The second-order valence-electron chi connectivity index (χ2n) is 32.7. The van der Waals surface area contributed by atoms with E-state index in [0.29, 0.717) is 0 Å². The molecule has 0 aliphatic rings. The molecule has 0 unspecified atom stereocenters. The highest BCUT2D eigenvalue weighted by molar-refractivity contribution is 7.27. The van der Waals surface area contributed by atoms with Crippen LogP contribution in [0.5, 0.6) is 0 Å². The molecule has 28 aromatic rings. The van der Waals surface area contributed by atoms with Crippen molar-refractivity contribution in [2.24, 2.45) is 0 Å². The van der Waals surface area contributed by atoms with Gasteiger partial charge in [-0.1, -0.05) is 303 Å². The zero-order valence-corrected chi connectivity index (χ0v) is 71.4. The summed E-state index contributed by atoms with van der Waals surface area (Å²) in [6, 6.07) is 151. The predicted molar refractivity (Wildman–Crippen MR) is 545 cm³/mol. The van der Waals surface area contributed by atoms with Crippen LogP contribution in [0.2, 0.25) is 0 Å². The van der Waals surface area contributed by atoms with Crippen molar-refractivity contribution in [1.82, 2.24) is 24.1 Å². The fourth-order valence-corrected chi connectivity index (χ4v) is 24.4. The molecule has 0 radical (unpaired) electrons. The van der Waals surface area contributed by atoms with E-state index in [1.165, 1.54) is 163 Å². The van der Waals surface area contributed by atoms with Gasteiger partial charge in [-0.3, -0.25) is 0 Å². The molecule has 0 amide bonds. The van der Waals surface area contributed by atoms with E-state index in [9.17, 15) is 0 Å². The highest BCUT2D eigenvalue weighted by Gasteiger charge is 2.24. The largest absolute Gasteiger partial charge is 0.456 e. The molecular weight excluding hydrogens is 1620 g/mol. The lowest BCUT2D eigenvalue weighted by molar-refractivity contribution is 0.669. The SMILES string of the molecule is c1ccc2c(c1)nc(-c1ccc(-c3cc(-n4c5ccccc5c5ccccc54)cc(-n4c5ccccc5c5ccccc54)c3)cc1)c1sc3ccccc3c12.c1ccc2c(c1)nc(-c1ccc(-c3ccc4oc5ccccc5c4c3)cc1)c1sc3ccccc3c12.c1ccc2c(c1)nc(-c1ccc(-c3ccc4sc5ccccc5c4c3)cc1)c1sc3ccccc3c12. The van der Waals surface area contributed by atoms with Crippen LogP contribution in [-0.2, 0) is 0 Å². The van der Waals surface area contributed by atoms with Crippen molar-refractivity contribution in [1.29, 1.82) is 0 Å². The highest BCUT2D eigenvalue weighted by atomic mass is 32.1. The Morgan fingerprint density at radius 3 is 0.874 bits per heavy atom. The van der Waals surface area contributed by atoms with Gasteiger partial charge >= 0.3 is 0 Å². The van der Waals surface area contributed by atoms with Crippen molar-refractivity contribution in [2.45, 2.75) is 0 Å². The molecule has 10 heterocycles. The Kier molecular flexibility index (Phi) is 17.0. The highest BCUT2D eigenvalue weighted by Crippen LogP contribution is 2.49. The molecule has 0 bridgehead atoms. The first-order chi connectivity index (χ1) is 62.9. The number of hydrogen-bond donors (Lipinski definition) is 0. The monoisotopic (exact) mass is 1690 g/mol. The Bertz CT molecular complexity index is 8820. The molecule has 0 aliphatic carbocycles. The van der Waals surface area contributed by atoms with E-state index >= 15 is 0 Å². The third kappa shape index (κ3) is 12.0. The lowest BCUT2D eigenvalue weighted by Gasteiger charge is -2.16. The van der Waals surface area contributed by atoms with Crippen molar-refractivity contribution in [3.63, 3.8) is 0 Å². The van der Waals surface area contributed by atoms with E-state index in [1.54, 1.807) is 0 Å². The summed E-state index contributed by atoms with van der Waals surface area (Å²) in [6.07, 6.45) is 0. The van der Waals surface area contributed by atoms with Crippen LogP contribution in [0.1, 0.15) is 0 Å². The summed E-state index contributed by atoms with van der Waals surface area (Å²) < 4.78 is 21.2. The smallest absolute Gasteiger partial charge is 0.135 e. The number of hydrogen-bond acceptors (Lipinski definition) is 8. The van der Waals surface area contributed by atoms with Gasteiger partial charge in [0.05, 0.1) is 69.8 Å². The molecule has 592 valence electrons. The summed E-state index contributed by atoms with van der Waals surface area (Å²) >= 11 is 7.37. The molecule has 6 nitrogen and oxygen atoms in total. The minimum absolute atomic E-state index is 0.920. The van der Waals surface area contributed by atoms with Gasteiger partial charge in [0, 0.05) is 143 Å². The van der Waals surface area contributed by atoms with Crippen molar-refractivity contribution in [3.8, 4) is 78.5 Å². The van der Waals surface area contributed by atoms with Crippen LogP contribution in [0.15, 0.2) is 423 Å². The molecule has 0 N–H and O–H groups in total. The van der Waals surface area contributed by atoms with Crippen LogP contribution in [0.3, 0.4) is 0 Å². The molecule has 0 saturated carbocycles. The van der Waals surface area contributed by atoms with Gasteiger partial charge in [-0.2, -0.15) is 0 Å². The van der Waals surface area contributed by atoms with Crippen LogP contribution in [0.25, 0.3) is 257 Å². The van der Waals surface area contributed by atoms with E-state index in [-0.39, 0.29) is 0 Å². The minimum atomic E-state index is 0.920. The second-order valence-corrected chi connectivity index (χ2v) is 36.9. The molecule has 0 atom stereocenters. The molecule has 0 spiro atoms. The number of nitrogens with zero attached hydrogens (tertiary/aromatic N) is 5. The van der Waals surface area contributed by atoms with Gasteiger partial charge in [-0.15, -0.1) is 45.3 Å². The average Bonchev–Trinajstić information content (AvgIpc) is 1.60. The van der Waals surface area contributed by atoms with Crippen molar-refractivity contribution in [2.75, 3.05) is 0 Å². The topological polar surface area (TPSA) is 61.7 Å². The van der Waals surface area contributed by atoms with Gasteiger partial charge in [-0.25, -0.2) is 15.0 Å². The minimum Gasteiger partial charge on any atom is -0.456 e. The van der Waals surface area contributed by atoms with Crippen LogP contribution in [0, 0.1) is 0 Å². The van der Waals surface area contributed by atoms with Gasteiger partial charge < -0.3 is 13.6 Å². The number of pyridine rings is 3. The third-order valence-corrected chi connectivity index (χ3v) is 30.1. The molecule has 10 aromatic heterocycles. The maximum Gasteiger partial charge on any atom is 0.135 e. The van der Waals surface area contributed by atoms with Gasteiger partial charge in [-0.05, 0) is 149 Å². The molecular formula is C117H69N5OS4. The average molecular weight is 1690 g/mol. The standard InChI is InChI=1S/C51H31N3S.C33H19NOS.C33H19NS2/c1-7-19-43-41(17-1)49-42-18-6-12-24-48(42)55-51(49)50(52-43)33-27-25-32(26-28-33)34-29-35(53-44-20-8-2-13-37(44)38-14-3-9-21-45(38)53)31-36(30-34)54-46-22-10-4-15-39(46)40-16-5-11-23-47(40)54;1-4-10-27-24(8-1)31-25-9-3-6-12-30(25)36-33(31)32(34-27)21-15-13-20(14-16-21)22-17-18-29-26(19-22)23-7-2-5-11-28(23)35-29;1-4-10-27-24(8-1)31-25-9-3-6-12-29(25)36-33(31)32(34-27)21-15-13-20(14-16-21)22-17-18-30-26(19-22)23-7-2-5-11-28(23)35-30/h1-31H;2*1-19H. The Labute approximate surface area is 743 Å². The maximum atomic E-state index is 6.01. The number of rotatable bonds is 8. The Balaban J connectivity index is 0.000000105. The van der Waals surface area contributed by atoms with Crippen LogP contribution in [-0.4, -0.2) is 24.1 Å². The third-order valence-electron chi connectivity index (χ3n) is 25.5. The Morgan fingerprint density at radius 1 is 0.181 bits per heavy atom. The molecule has 0 aliphatic heterocycles. The number of aromatic nitrogens is 5. The number of fused-ring (bicyclic) bond motifs is 27. The fourth-order valence-electron chi connectivity index (χ4n) is 19.6. The molecule has 0 saturated heterocycles. The van der Waals surface area contributed by atoms with Gasteiger partial charge in [0.15, 0.2) is 0 Å². The summed E-state index contributed by atoms with van der Waals surface area (Å²) in [6.45, 7) is 0. The van der Waals surface area contributed by atoms with Crippen LogP contribution in [0.4, 0.5) is 0 Å². The number of para-hydroxylation sites is 8. The lowest BCUT2D eigenvalue weighted by Crippen LogP contribution is -2.00. The first-order valence-electron chi connectivity index (χ1n) is 42.8. The normalized spacial score (nSPS) is 11.9. The van der Waals surface area contributed by atoms with Gasteiger partial charge in [0.25, 0.3) is 0 Å². The van der Waals surface area contributed by atoms with Crippen molar-refractivity contribution in [3.05, 3.63) is 419 Å². The number of furan rings is 1. The molecule has 10 heteroatoms.